The molecule has 5 aromatic rings. The first-order chi connectivity index (χ1) is 19.8. The van der Waals surface area contributed by atoms with Crippen LogP contribution in [0.4, 0.5) is 20.2 Å². The molecule has 2 unspecified atom stereocenters. The highest BCUT2D eigenvalue weighted by Crippen LogP contribution is 2.37. The van der Waals surface area contributed by atoms with Crippen molar-refractivity contribution >= 4 is 33.9 Å². The number of hydrogen-bond acceptors (Lipinski definition) is 8. The van der Waals surface area contributed by atoms with Crippen molar-refractivity contribution in [3.05, 3.63) is 107 Å². The number of aliphatic hydroxyl groups excluding tert-OH is 1. The van der Waals surface area contributed by atoms with E-state index in [4.69, 9.17) is 16.7 Å². The first kappa shape index (κ1) is 27.9. The summed E-state index contributed by atoms with van der Waals surface area (Å²) in [5, 5.41) is 34.2. The Labute approximate surface area is 239 Å². The lowest BCUT2D eigenvalue weighted by Crippen LogP contribution is -2.27. The molecule has 3 aromatic heterocycles. The van der Waals surface area contributed by atoms with E-state index in [0.717, 1.165) is 18.2 Å². The second-order valence-electron chi connectivity index (χ2n) is 9.30. The molecule has 5 rings (SSSR count). The van der Waals surface area contributed by atoms with Gasteiger partial charge in [-0.2, -0.15) is 18.7 Å². The van der Waals surface area contributed by atoms with Gasteiger partial charge in [0.1, 0.15) is 18.4 Å². The third kappa shape index (κ3) is 5.79. The van der Waals surface area contributed by atoms with Crippen molar-refractivity contribution in [2.45, 2.75) is 31.5 Å². The van der Waals surface area contributed by atoms with Crippen LogP contribution in [0.1, 0.15) is 47.8 Å². The number of nitrogens with one attached hydrogen (secondary N) is 2. The van der Waals surface area contributed by atoms with Gasteiger partial charge in [0.15, 0.2) is 0 Å². The lowest BCUT2D eigenvalue weighted by atomic mass is 10.0. The molecule has 41 heavy (non-hydrogen) atoms. The van der Waals surface area contributed by atoms with E-state index in [0.29, 0.717) is 43.1 Å². The van der Waals surface area contributed by atoms with Crippen LogP contribution in [-0.2, 0) is 6.05 Å². The predicted octanol–water partition coefficient (Wildman–Crippen LogP) is 6.05. The van der Waals surface area contributed by atoms with Crippen LogP contribution in [0.5, 0.6) is 0 Å². The molecule has 208 valence electrons. The first-order valence-electron chi connectivity index (χ1n) is 12.8. The zero-order valence-corrected chi connectivity index (χ0v) is 22.6. The largest absolute Gasteiger partial charge is 0.388 e. The highest BCUT2D eigenvalue weighted by molar-refractivity contribution is 6.35. The van der Waals surface area contributed by atoms with Crippen LogP contribution in [0, 0.1) is 11.3 Å². The molecule has 0 fully saturated rings. The summed E-state index contributed by atoms with van der Waals surface area (Å²) < 4.78 is 28.5. The molecule has 0 amide bonds. The third-order valence-corrected chi connectivity index (χ3v) is 6.92. The fourth-order valence-corrected chi connectivity index (χ4v) is 4.81. The molecule has 12 heteroatoms. The van der Waals surface area contributed by atoms with Crippen LogP contribution in [0.25, 0.3) is 10.9 Å². The molecule has 0 bridgehead atoms. The number of alkyl halides is 2. The smallest absolute Gasteiger partial charge is 0.367 e. The summed E-state index contributed by atoms with van der Waals surface area (Å²) >= 11 is 6.69. The summed E-state index contributed by atoms with van der Waals surface area (Å²) in [6.45, 7) is 0.624. The van der Waals surface area contributed by atoms with Crippen molar-refractivity contribution in [1.82, 2.24) is 25.0 Å². The Morgan fingerprint density at radius 3 is 2.56 bits per heavy atom. The second kappa shape index (κ2) is 11.8. The molecule has 2 aromatic carbocycles. The molecular formula is C29H25ClF2N8O. The number of nitriles is 1. The Kier molecular flexibility index (Phi) is 8.05. The standard InChI is InChI=1S/C29H25ClF2N8O/c1-2-24(18-7-4-3-5-8-18)37-26-20(13-33)15-35-28-22(26)11-21(12-23(28)30)36-27(19-9-6-10-34-14-19)25-16-40(39-38-25)29(31,32)17-41/h3-12,14-16,24,27,36,41H,2,17H2,1H3,(H,35,37). The van der Waals surface area contributed by atoms with Crippen LogP contribution >= 0.6 is 11.6 Å². The van der Waals surface area contributed by atoms with E-state index >= 15 is 0 Å². The normalized spacial score (nSPS) is 13.0. The molecule has 3 N–H and O–H groups in total. The highest BCUT2D eigenvalue weighted by atomic mass is 35.5. The van der Waals surface area contributed by atoms with Crippen molar-refractivity contribution in [2.24, 2.45) is 0 Å². The minimum Gasteiger partial charge on any atom is -0.388 e. The minimum absolute atomic E-state index is 0.0873. The van der Waals surface area contributed by atoms with Crippen molar-refractivity contribution in [3.63, 3.8) is 0 Å². The Morgan fingerprint density at radius 2 is 1.88 bits per heavy atom. The lowest BCUT2D eigenvalue weighted by Gasteiger charge is -2.22. The third-order valence-electron chi connectivity index (χ3n) is 6.64. The topological polar surface area (TPSA) is 125 Å². The molecule has 0 spiro atoms. The molecule has 0 saturated carbocycles. The summed E-state index contributed by atoms with van der Waals surface area (Å²) in [6, 6.07) is 14.6. The fraction of sp³-hybridized carbons (Fsp3) is 0.207. The first-order valence-corrected chi connectivity index (χ1v) is 13.1. The summed E-state index contributed by atoms with van der Waals surface area (Å²) in [5.74, 6) is 0. The van der Waals surface area contributed by atoms with Crippen LogP contribution in [0.15, 0.2) is 79.4 Å². The van der Waals surface area contributed by atoms with Gasteiger partial charge in [0.25, 0.3) is 0 Å². The van der Waals surface area contributed by atoms with Gasteiger partial charge in [0.2, 0.25) is 0 Å². The summed E-state index contributed by atoms with van der Waals surface area (Å²) in [7, 11) is 0. The molecular weight excluding hydrogens is 550 g/mol. The van der Waals surface area contributed by atoms with Gasteiger partial charge in [-0.3, -0.25) is 9.97 Å². The molecule has 0 aliphatic rings. The number of nitrogens with zero attached hydrogens (tertiary/aromatic N) is 6. The van der Waals surface area contributed by atoms with E-state index in [1.165, 1.54) is 6.20 Å². The molecule has 9 nitrogen and oxygen atoms in total. The lowest BCUT2D eigenvalue weighted by molar-refractivity contribution is -0.131. The van der Waals surface area contributed by atoms with Crippen molar-refractivity contribution in [3.8, 4) is 6.07 Å². The number of rotatable bonds is 10. The minimum atomic E-state index is -3.62. The number of aromatic nitrogens is 5. The van der Waals surface area contributed by atoms with Gasteiger partial charge in [-0.15, -0.1) is 5.10 Å². The summed E-state index contributed by atoms with van der Waals surface area (Å²) in [4.78, 5) is 8.58. The zero-order valence-electron chi connectivity index (χ0n) is 21.8. The maximum Gasteiger partial charge on any atom is 0.367 e. The van der Waals surface area contributed by atoms with E-state index in [1.54, 1.807) is 36.7 Å². The molecule has 0 aliphatic carbocycles. The van der Waals surface area contributed by atoms with Crippen LogP contribution in [0.3, 0.4) is 0 Å². The Bertz CT molecular complexity index is 1690. The highest BCUT2D eigenvalue weighted by Gasteiger charge is 2.33. The maximum absolute atomic E-state index is 14.1. The van der Waals surface area contributed by atoms with E-state index in [-0.39, 0.29) is 11.7 Å². The van der Waals surface area contributed by atoms with Crippen molar-refractivity contribution in [1.29, 1.82) is 5.26 Å². The number of fused-ring (bicyclic) bond motifs is 1. The van der Waals surface area contributed by atoms with Crippen molar-refractivity contribution in [2.75, 3.05) is 17.2 Å². The number of halogens is 3. The maximum atomic E-state index is 14.1. The van der Waals surface area contributed by atoms with E-state index in [9.17, 15) is 14.0 Å². The Morgan fingerprint density at radius 1 is 1.10 bits per heavy atom. The van der Waals surface area contributed by atoms with Crippen LogP contribution in [0.2, 0.25) is 5.02 Å². The van der Waals surface area contributed by atoms with Crippen LogP contribution in [-0.4, -0.2) is 36.7 Å². The molecule has 2 atom stereocenters. The number of anilines is 2. The van der Waals surface area contributed by atoms with Gasteiger partial charge < -0.3 is 15.7 Å². The van der Waals surface area contributed by atoms with E-state index in [1.807, 2.05) is 37.3 Å². The molecule has 0 aliphatic heterocycles. The second-order valence-corrected chi connectivity index (χ2v) is 9.71. The van der Waals surface area contributed by atoms with E-state index in [2.05, 4.69) is 37.0 Å². The van der Waals surface area contributed by atoms with Gasteiger partial charge in [0.05, 0.1) is 40.1 Å². The average Bonchev–Trinajstić information content (AvgIpc) is 3.50. The molecule has 0 radical (unpaired) electrons. The van der Waals surface area contributed by atoms with Gasteiger partial charge in [-0.25, -0.2) is 0 Å². The molecule has 0 saturated heterocycles. The summed E-state index contributed by atoms with van der Waals surface area (Å²) in [6.07, 6.45) is 6.48. The van der Waals surface area contributed by atoms with E-state index < -0.39 is 18.7 Å². The Hall–Kier alpha value is -4.66. The average molecular weight is 575 g/mol. The van der Waals surface area contributed by atoms with Gasteiger partial charge >= 0.3 is 6.05 Å². The number of benzene rings is 2. The quantitative estimate of drug-likeness (QED) is 0.184. The SMILES string of the molecule is CCC(Nc1c(C#N)cnc2c(Cl)cc(NC(c3cccnc3)c3cn(C(F)(F)CO)nn3)cc12)c1ccccc1. The predicted molar refractivity (Wildman–Crippen MR) is 152 cm³/mol. The van der Waals surface area contributed by atoms with Gasteiger partial charge in [0, 0.05) is 29.7 Å². The van der Waals surface area contributed by atoms with Gasteiger partial charge in [-0.05, 0) is 35.7 Å². The monoisotopic (exact) mass is 574 g/mol. The zero-order chi connectivity index (χ0) is 29.0. The number of hydrogen-bond donors (Lipinski definition) is 3. The van der Waals surface area contributed by atoms with Crippen molar-refractivity contribution < 1.29 is 13.9 Å². The number of pyridine rings is 2. The Balaban J connectivity index is 1.59. The number of aliphatic hydroxyl groups is 1. The summed E-state index contributed by atoms with van der Waals surface area (Å²) in [5.41, 5.74) is 3.78. The molecule has 3 heterocycles. The van der Waals surface area contributed by atoms with Gasteiger partial charge in [-0.1, -0.05) is 60.1 Å². The fourth-order valence-electron chi connectivity index (χ4n) is 4.55. The van der Waals surface area contributed by atoms with Crippen LogP contribution < -0.4 is 10.6 Å².